The molecule has 0 saturated carbocycles. The molecule has 2 aromatic carbocycles. The molecule has 0 spiro atoms. The molecule has 1 aliphatic heterocycles. The Hall–Kier alpha value is -2.88. The van der Waals surface area contributed by atoms with Crippen molar-refractivity contribution in [3.63, 3.8) is 0 Å². The lowest BCUT2D eigenvalue weighted by Gasteiger charge is -2.25. The minimum absolute atomic E-state index is 0.0321. The van der Waals surface area contributed by atoms with E-state index in [1.807, 2.05) is 47.3 Å². The summed E-state index contributed by atoms with van der Waals surface area (Å²) >= 11 is 0. The highest BCUT2D eigenvalue weighted by atomic mass is 16.1. The number of nitrogens with one attached hydrogen (secondary N) is 1. The van der Waals surface area contributed by atoms with Gasteiger partial charge >= 0.3 is 0 Å². The molecule has 1 amide bonds. The molecule has 2 heterocycles. The van der Waals surface area contributed by atoms with Crippen molar-refractivity contribution in [1.82, 2.24) is 9.78 Å². The molecule has 4 nitrogen and oxygen atoms in total. The number of anilines is 1. The van der Waals surface area contributed by atoms with Crippen LogP contribution in [0.2, 0.25) is 0 Å². The molecule has 0 radical (unpaired) electrons. The number of fused-ring (bicyclic) bond motifs is 1. The highest BCUT2D eigenvalue weighted by Crippen LogP contribution is 2.39. The van der Waals surface area contributed by atoms with E-state index >= 15 is 0 Å². The van der Waals surface area contributed by atoms with Gasteiger partial charge in [0.1, 0.15) is 5.82 Å². The minimum atomic E-state index is 0.0321. The Bertz CT molecular complexity index is 909. The Morgan fingerprint density at radius 2 is 1.79 bits per heavy atom. The zero-order chi connectivity index (χ0) is 16.7. The van der Waals surface area contributed by atoms with Crippen molar-refractivity contribution >= 4 is 11.7 Å². The summed E-state index contributed by atoms with van der Waals surface area (Å²) in [5.74, 6) is 0.863. The van der Waals surface area contributed by atoms with Gasteiger partial charge in [0, 0.05) is 17.9 Å². The molecule has 120 valence electrons. The van der Waals surface area contributed by atoms with E-state index in [9.17, 15) is 4.79 Å². The molecule has 4 heteroatoms. The van der Waals surface area contributed by atoms with E-state index in [1.54, 1.807) is 0 Å². The van der Waals surface area contributed by atoms with Gasteiger partial charge in [-0.05, 0) is 37.1 Å². The molecule has 4 rings (SSSR count). The van der Waals surface area contributed by atoms with Crippen molar-refractivity contribution in [1.29, 1.82) is 0 Å². The van der Waals surface area contributed by atoms with Gasteiger partial charge in [0.2, 0.25) is 5.91 Å². The van der Waals surface area contributed by atoms with Crippen LogP contribution in [0.25, 0.3) is 5.69 Å². The number of carbonyl (C=O) groups excluding carboxylic acids is 1. The third-order valence-electron chi connectivity index (χ3n) is 4.66. The highest BCUT2D eigenvalue weighted by Gasteiger charge is 2.30. The van der Waals surface area contributed by atoms with Crippen molar-refractivity contribution in [3.8, 4) is 5.69 Å². The summed E-state index contributed by atoms with van der Waals surface area (Å²) in [5.41, 5.74) is 5.61. The van der Waals surface area contributed by atoms with Gasteiger partial charge in [-0.25, -0.2) is 4.68 Å². The maximum atomic E-state index is 12.3. The van der Waals surface area contributed by atoms with Crippen LogP contribution >= 0.6 is 0 Å². The molecule has 0 aliphatic carbocycles. The highest BCUT2D eigenvalue weighted by molar-refractivity contribution is 5.94. The van der Waals surface area contributed by atoms with Crippen LogP contribution in [-0.4, -0.2) is 15.7 Å². The summed E-state index contributed by atoms with van der Waals surface area (Å²) in [7, 11) is 0. The number of amides is 1. The summed E-state index contributed by atoms with van der Waals surface area (Å²) < 4.78 is 1.82. The number of rotatable bonds is 2. The number of hydrogen-bond acceptors (Lipinski definition) is 2. The average molecular weight is 317 g/mol. The van der Waals surface area contributed by atoms with Gasteiger partial charge in [0.25, 0.3) is 0 Å². The number of hydrogen-bond donors (Lipinski definition) is 1. The van der Waals surface area contributed by atoms with E-state index in [1.165, 1.54) is 16.7 Å². The zero-order valence-electron chi connectivity index (χ0n) is 13.8. The predicted octanol–water partition coefficient (Wildman–Crippen LogP) is 3.96. The van der Waals surface area contributed by atoms with E-state index in [4.69, 9.17) is 0 Å². The fourth-order valence-electron chi connectivity index (χ4n) is 3.36. The number of aromatic nitrogens is 2. The Balaban J connectivity index is 1.83. The van der Waals surface area contributed by atoms with Crippen LogP contribution in [-0.2, 0) is 4.79 Å². The molecule has 1 aromatic heterocycles. The van der Waals surface area contributed by atoms with Gasteiger partial charge in [-0.3, -0.25) is 4.79 Å². The number of aryl methyl sites for hydroxylation is 2. The maximum absolute atomic E-state index is 12.3. The summed E-state index contributed by atoms with van der Waals surface area (Å²) in [4.78, 5) is 12.3. The second kappa shape index (κ2) is 5.64. The lowest BCUT2D eigenvalue weighted by molar-refractivity contribution is -0.116. The van der Waals surface area contributed by atoms with Crippen LogP contribution in [0, 0.1) is 13.8 Å². The first-order chi connectivity index (χ1) is 11.6. The van der Waals surface area contributed by atoms with Crippen LogP contribution in [0.1, 0.15) is 34.6 Å². The molecule has 1 atom stereocenters. The summed E-state index contributed by atoms with van der Waals surface area (Å²) in [5, 5.41) is 7.54. The minimum Gasteiger partial charge on any atom is -0.310 e. The Labute approximate surface area is 141 Å². The summed E-state index contributed by atoms with van der Waals surface area (Å²) in [6.45, 7) is 4.14. The van der Waals surface area contributed by atoms with E-state index in [0.29, 0.717) is 6.42 Å². The van der Waals surface area contributed by atoms with E-state index < -0.39 is 0 Å². The predicted molar refractivity (Wildman–Crippen MR) is 94.6 cm³/mol. The van der Waals surface area contributed by atoms with Crippen molar-refractivity contribution < 1.29 is 4.79 Å². The largest absolute Gasteiger partial charge is 0.310 e. The van der Waals surface area contributed by atoms with E-state index in [0.717, 1.165) is 17.1 Å². The molecule has 1 N–H and O–H groups in total. The lowest BCUT2D eigenvalue weighted by Crippen LogP contribution is -2.25. The monoisotopic (exact) mass is 317 g/mol. The fourth-order valence-corrected chi connectivity index (χ4v) is 3.36. The van der Waals surface area contributed by atoms with Crippen LogP contribution in [0.15, 0.2) is 54.7 Å². The van der Waals surface area contributed by atoms with Gasteiger partial charge in [-0.1, -0.05) is 42.0 Å². The molecule has 0 fully saturated rings. The maximum Gasteiger partial charge on any atom is 0.226 e. The second-order valence-electron chi connectivity index (χ2n) is 6.36. The third-order valence-corrected chi connectivity index (χ3v) is 4.66. The first-order valence-corrected chi connectivity index (χ1v) is 8.14. The average Bonchev–Trinajstić information content (AvgIpc) is 2.99. The standard InChI is InChI=1S/C20H19N3O/c1-13-7-9-15(10-8-13)23-20-18(12-21-23)17(11-19(24)22-20)16-6-4-3-5-14(16)2/h3-10,12,17H,11H2,1-2H3,(H,22,24). The Kier molecular flexibility index (Phi) is 3.45. The molecule has 1 unspecified atom stereocenters. The normalized spacial score (nSPS) is 16.6. The SMILES string of the molecule is Cc1ccc(-n2ncc3c2NC(=O)CC3c2ccccc2C)cc1. The van der Waals surface area contributed by atoms with Crippen molar-refractivity contribution in [2.24, 2.45) is 0 Å². The fraction of sp³-hybridized carbons (Fsp3) is 0.200. The first kappa shape index (κ1) is 14.7. The van der Waals surface area contributed by atoms with Gasteiger partial charge in [0.15, 0.2) is 0 Å². The smallest absolute Gasteiger partial charge is 0.226 e. The molecular formula is C20H19N3O. The molecule has 24 heavy (non-hydrogen) atoms. The number of benzene rings is 2. The van der Waals surface area contributed by atoms with Crippen molar-refractivity contribution in [3.05, 3.63) is 77.0 Å². The van der Waals surface area contributed by atoms with Crippen LogP contribution in [0.4, 0.5) is 5.82 Å². The molecule has 0 bridgehead atoms. The molecule has 0 saturated heterocycles. The van der Waals surface area contributed by atoms with Crippen molar-refractivity contribution in [2.75, 3.05) is 5.32 Å². The van der Waals surface area contributed by atoms with Crippen LogP contribution < -0.4 is 5.32 Å². The third kappa shape index (κ3) is 2.40. The lowest BCUT2D eigenvalue weighted by atomic mass is 9.85. The Morgan fingerprint density at radius 1 is 1.04 bits per heavy atom. The quantitative estimate of drug-likeness (QED) is 0.777. The first-order valence-electron chi connectivity index (χ1n) is 8.14. The van der Waals surface area contributed by atoms with Crippen LogP contribution in [0.3, 0.4) is 0 Å². The summed E-state index contributed by atoms with van der Waals surface area (Å²) in [6.07, 6.45) is 2.34. The topological polar surface area (TPSA) is 46.9 Å². The van der Waals surface area contributed by atoms with Gasteiger partial charge in [0.05, 0.1) is 11.9 Å². The second-order valence-corrected chi connectivity index (χ2v) is 6.36. The Morgan fingerprint density at radius 3 is 2.54 bits per heavy atom. The van der Waals surface area contributed by atoms with Crippen molar-refractivity contribution in [2.45, 2.75) is 26.2 Å². The number of carbonyl (C=O) groups is 1. The molecular weight excluding hydrogens is 298 g/mol. The van der Waals surface area contributed by atoms with Crippen LogP contribution in [0.5, 0.6) is 0 Å². The van der Waals surface area contributed by atoms with Gasteiger partial charge in [-0.15, -0.1) is 0 Å². The van der Waals surface area contributed by atoms with Gasteiger partial charge < -0.3 is 5.32 Å². The van der Waals surface area contributed by atoms with Gasteiger partial charge in [-0.2, -0.15) is 5.10 Å². The molecule has 3 aromatic rings. The number of nitrogens with zero attached hydrogens (tertiary/aromatic N) is 2. The summed E-state index contributed by atoms with van der Waals surface area (Å²) in [6, 6.07) is 16.4. The van der Waals surface area contributed by atoms with E-state index in [2.05, 4.69) is 36.4 Å². The zero-order valence-corrected chi connectivity index (χ0v) is 13.8. The van der Waals surface area contributed by atoms with E-state index in [-0.39, 0.29) is 11.8 Å². The molecule has 1 aliphatic rings.